The molecule has 19 heavy (non-hydrogen) atoms. The molecule has 0 bridgehead atoms. The van der Waals surface area contributed by atoms with Crippen molar-refractivity contribution in [2.24, 2.45) is 0 Å². The third kappa shape index (κ3) is 3.44. The molecule has 1 aromatic heterocycles. The topological polar surface area (TPSA) is 24.9 Å². The molecule has 1 atom stereocenters. The number of benzene rings is 1. The summed E-state index contributed by atoms with van der Waals surface area (Å²) in [4.78, 5) is 5.96. The van der Waals surface area contributed by atoms with Gasteiger partial charge in [0.05, 0.1) is 10.7 Å². The fourth-order valence-corrected chi connectivity index (χ4v) is 3.51. The molecule has 102 valence electrons. The van der Waals surface area contributed by atoms with Gasteiger partial charge in [-0.05, 0) is 51.1 Å². The predicted octanol–water partition coefficient (Wildman–Crippen LogP) is 4.33. The summed E-state index contributed by atoms with van der Waals surface area (Å²) in [5, 5.41) is 4.61. The van der Waals surface area contributed by atoms with Crippen molar-refractivity contribution >= 4 is 27.3 Å². The van der Waals surface area contributed by atoms with E-state index in [1.807, 2.05) is 7.05 Å². The molecule has 0 spiro atoms. The first-order valence-corrected chi connectivity index (χ1v) is 7.98. The van der Waals surface area contributed by atoms with Crippen molar-refractivity contribution in [3.63, 3.8) is 0 Å². The third-order valence-corrected chi connectivity index (χ3v) is 5.01. The van der Waals surface area contributed by atoms with Crippen LogP contribution in [-0.4, -0.2) is 12.0 Å². The van der Waals surface area contributed by atoms with Crippen molar-refractivity contribution in [2.45, 2.75) is 33.2 Å². The van der Waals surface area contributed by atoms with E-state index in [2.05, 4.69) is 65.2 Å². The lowest BCUT2D eigenvalue weighted by Crippen LogP contribution is -2.19. The van der Waals surface area contributed by atoms with E-state index in [1.54, 1.807) is 11.3 Å². The zero-order chi connectivity index (χ0) is 14.0. The van der Waals surface area contributed by atoms with Crippen LogP contribution in [0.5, 0.6) is 0 Å². The Balaban J connectivity index is 2.27. The number of nitrogens with one attached hydrogen (secondary N) is 1. The fraction of sp³-hybridized carbons (Fsp3) is 0.400. The van der Waals surface area contributed by atoms with Gasteiger partial charge >= 0.3 is 0 Å². The van der Waals surface area contributed by atoms with Gasteiger partial charge in [-0.25, -0.2) is 4.98 Å². The highest BCUT2D eigenvalue weighted by atomic mass is 79.9. The van der Waals surface area contributed by atoms with Gasteiger partial charge in [-0.15, -0.1) is 11.3 Å². The molecule has 1 N–H and O–H groups in total. The molecule has 0 aliphatic heterocycles. The van der Waals surface area contributed by atoms with E-state index in [9.17, 15) is 0 Å². The quantitative estimate of drug-likeness (QED) is 0.897. The van der Waals surface area contributed by atoms with E-state index in [-0.39, 0.29) is 0 Å². The van der Waals surface area contributed by atoms with Crippen LogP contribution in [0.2, 0.25) is 0 Å². The minimum absolute atomic E-state index is 0.308. The molecule has 2 rings (SSSR count). The van der Waals surface area contributed by atoms with Gasteiger partial charge in [0.1, 0.15) is 0 Å². The lowest BCUT2D eigenvalue weighted by atomic mass is 9.99. The van der Waals surface area contributed by atoms with Gasteiger partial charge in [-0.3, -0.25) is 0 Å². The van der Waals surface area contributed by atoms with Gasteiger partial charge in [-0.2, -0.15) is 0 Å². The average molecular weight is 339 g/mol. The van der Waals surface area contributed by atoms with Crippen molar-refractivity contribution in [3.8, 4) is 0 Å². The van der Waals surface area contributed by atoms with Crippen LogP contribution in [0.1, 0.15) is 32.7 Å². The Kier molecular flexibility index (Phi) is 4.76. The minimum Gasteiger partial charge on any atom is -0.313 e. The number of rotatable bonds is 4. The van der Waals surface area contributed by atoms with Gasteiger partial charge in [0.15, 0.2) is 0 Å². The van der Waals surface area contributed by atoms with Gasteiger partial charge < -0.3 is 5.32 Å². The number of thiazole rings is 1. The minimum atomic E-state index is 0.308. The normalized spacial score (nSPS) is 12.7. The number of aryl methyl sites for hydroxylation is 3. The molecule has 1 heterocycles. The number of hydrogen-bond acceptors (Lipinski definition) is 3. The molecule has 0 saturated heterocycles. The van der Waals surface area contributed by atoms with Gasteiger partial charge in [0, 0.05) is 21.8 Å². The summed E-state index contributed by atoms with van der Waals surface area (Å²) in [5.74, 6) is 0. The molecule has 1 aromatic carbocycles. The van der Waals surface area contributed by atoms with Crippen LogP contribution in [-0.2, 0) is 6.42 Å². The van der Waals surface area contributed by atoms with Crippen LogP contribution >= 0.6 is 27.3 Å². The Morgan fingerprint density at radius 3 is 2.63 bits per heavy atom. The van der Waals surface area contributed by atoms with Crippen LogP contribution in [0.3, 0.4) is 0 Å². The Morgan fingerprint density at radius 1 is 1.32 bits per heavy atom. The molecular formula is C15H19BrN2S. The zero-order valence-electron chi connectivity index (χ0n) is 11.7. The maximum absolute atomic E-state index is 4.64. The highest BCUT2D eigenvalue weighted by Gasteiger charge is 2.15. The maximum Gasteiger partial charge on any atom is 0.0949 e. The van der Waals surface area contributed by atoms with Gasteiger partial charge in [0.25, 0.3) is 0 Å². The van der Waals surface area contributed by atoms with Crippen molar-refractivity contribution in [1.82, 2.24) is 10.3 Å². The third-order valence-electron chi connectivity index (χ3n) is 3.42. The summed E-state index contributed by atoms with van der Waals surface area (Å²) >= 11 is 5.35. The molecule has 0 saturated carbocycles. The van der Waals surface area contributed by atoms with Crippen molar-refractivity contribution in [3.05, 3.63) is 49.4 Å². The second-order valence-electron chi connectivity index (χ2n) is 4.80. The highest BCUT2D eigenvalue weighted by Crippen LogP contribution is 2.27. The van der Waals surface area contributed by atoms with Crippen LogP contribution in [0.15, 0.2) is 22.7 Å². The summed E-state index contributed by atoms with van der Waals surface area (Å²) in [6, 6.07) is 6.75. The second kappa shape index (κ2) is 6.16. The Bertz CT molecular complexity index is 558. The standard InChI is InChI=1S/C15H19BrN2S/c1-9-5-6-12(16)7-13(9)14(17-4)8-15-18-10(2)11(3)19-15/h5-7,14,17H,8H2,1-4H3. The number of likely N-dealkylation sites (N-methyl/N-ethyl adjacent to an activating group) is 1. The van der Waals surface area contributed by atoms with Crippen LogP contribution < -0.4 is 5.32 Å². The molecule has 2 nitrogen and oxygen atoms in total. The first-order chi connectivity index (χ1) is 9.01. The van der Waals surface area contributed by atoms with E-state index in [0.29, 0.717) is 6.04 Å². The van der Waals surface area contributed by atoms with E-state index < -0.39 is 0 Å². The Hall–Kier alpha value is -0.710. The summed E-state index contributed by atoms with van der Waals surface area (Å²) in [7, 11) is 2.01. The molecule has 2 aromatic rings. The second-order valence-corrected chi connectivity index (χ2v) is 7.00. The summed E-state index contributed by atoms with van der Waals surface area (Å²) in [6.45, 7) is 6.37. The van der Waals surface area contributed by atoms with Gasteiger partial charge in [0.2, 0.25) is 0 Å². The first kappa shape index (κ1) is 14.7. The van der Waals surface area contributed by atoms with Crippen LogP contribution in [0, 0.1) is 20.8 Å². The molecule has 0 radical (unpaired) electrons. The molecule has 0 aliphatic rings. The Morgan fingerprint density at radius 2 is 2.05 bits per heavy atom. The van der Waals surface area contributed by atoms with Crippen LogP contribution in [0.4, 0.5) is 0 Å². The largest absolute Gasteiger partial charge is 0.313 e. The van der Waals surface area contributed by atoms with Crippen molar-refractivity contribution in [1.29, 1.82) is 0 Å². The van der Waals surface area contributed by atoms with Crippen molar-refractivity contribution in [2.75, 3.05) is 7.05 Å². The molecular weight excluding hydrogens is 320 g/mol. The fourth-order valence-electron chi connectivity index (χ4n) is 2.16. The molecule has 0 amide bonds. The zero-order valence-corrected chi connectivity index (χ0v) is 14.2. The summed E-state index contributed by atoms with van der Waals surface area (Å²) in [5.41, 5.74) is 3.80. The van der Waals surface area contributed by atoms with Crippen molar-refractivity contribution < 1.29 is 0 Å². The highest BCUT2D eigenvalue weighted by molar-refractivity contribution is 9.10. The monoisotopic (exact) mass is 338 g/mol. The Labute approximate surface area is 127 Å². The number of aromatic nitrogens is 1. The maximum atomic E-state index is 4.64. The molecule has 0 aliphatic carbocycles. The van der Waals surface area contributed by atoms with E-state index in [0.717, 1.165) is 16.6 Å². The first-order valence-electron chi connectivity index (χ1n) is 6.37. The lowest BCUT2D eigenvalue weighted by Gasteiger charge is -2.18. The number of hydrogen-bond donors (Lipinski definition) is 1. The summed E-state index contributed by atoms with van der Waals surface area (Å²) < 4.78 is 1.12. The van der Waals surface area contributed by atoms with Gasteiger partial charge in [-0.1, -0.05) is 22.0 Å². The molecule has 1 unspecified atom stereocenters. The summed E-state index contributed by atoms with van der Waals surface area (Å²) in [6.07, 6.45) is 0.938. The smallest absolute Gasteiger partial charge is 0.0949 e. The van der Waals surface area contributed by atoms with E-state index in [1.165, 1.54) is 21.0 Å². The average Bonchev–Trinajstić information content (AvgIpc) is 2.69. The van der Waals surface area contributed by atoms with E-state index in [4.69, 9.17) is 0 Å². The molecule has 0 fully saturated rings. The molecule has 4 heteroatoms. The van der Waals surface area contributed by atoms with E-state index >= 15 is 0 Å². The SMILES string of the molecule is CNC(Cc1nc(C)c(C)s1)c1cc(Br)ccc1C. The number of nitrogens with zero attached hydrogens (tertiary/aromatic N) is 1. The number of halogens is 1. The van der Waals surface area contributed by atoms with Crippen LogP contribution in [0.25, 0.3) is 0 Å². The lowest BCUT2D eigenvalue weighted by molar-refractivity contribution is 0.586. The predicted molar refractivity (Wildman–Crippen MR) is 86.0 cm³/mol.